The van der Waals surface area contributed by atoms with Gasteiger partial charge in [-0.2, -0.15) is 0 Å². The Balaban J connectivity index is 2.05. The summed E-state index contributed by atoms with van der Waals surface area (Å²) in [6, 6.07) is 0.542. The molecule has 0 amide bonds. The van der Waals surface area contributed by atoms with Crippen LogP contribution in [-0.4, -0.2) is 64.1 Å². The van der Waals surface area contributed by atoms with E-state index >= 15 is 0 Å². The lowest BCUT2D eigenvalue weighted by Crippen LogP contribution is -2.31. The molecule has 0 aromatic carbocycles. The number of carbonyl (C=O) groups is 1. The maximum absolute atomic E-state index is 11.1. The molecule has 1 fully saturated rings. The van der Waals surface area contributed by atoms with Crippen LogP contribution in [0.15, 0.2) is 12.5 Å². The third-order valence-electron chi connectivity index (χ3n) is 3.38. The molecule has 2 heterocycles. The van der Waals surface area contributed by atoms with Crippen molar-refractivity contribution >= 4 is 5.97 Å². The first kappa shape index (κ1) is 12.9. The minimum atomic E-state index is -0.964. The van der Waals surface area contributed by atoms with Crippen molar-refractivity contribution in [2.75, 3.05) is 27.2 Å². The zero-order valence-corrected chi connectivity index (χ0v) is 10.7. The smallest absolute Gasteiger partial charge is 0.339 e. The topological polar surface area (TPSA) is 69.6 Å². The first-order chi connectivity index (χ1) is 8.58. The van der Waals surface area contributed by atoms with E-state index in [1.54, 1.807) is 0 Å². The van der Waals surface area contributed by atoms with E-state index in [9.17, 15) is 4.79 Å². The Bertz CT molecular complexity index is 436. The van der Waals surface area contributed by atoms with Gasteiger partial charge in [-0.15, -0.1) is 0 Å². The van der Waals surface area contributed by atoms with Crippen LogP contribution in [0.3, 0.4) is 0 Å². The first-order valence-corrected chi connectivity index (χ1v) is 5.99. The number of hydrogen-bond acceptors (Lipinski definition) is 5. The lowest BCUT2D eigenvalue weighted by Gasteiger charge is -2.20. The number of nitrogens with zero attached hydrogens (tertiary/aromatic N) is 4. The summed E-state index contributed by atoms with van der Waals surface area (Å²) < 4.78 is 0. The zero-order chi connectivity index (χ0) is 13.1. The predicted octanol–water partition coefficient (Wildman–Crippen LogP) is 0.311. The van der Waals surface area contributed by atoms with Gasteiger partial charge in [-0.05, 0) is 20.5 Å². The summed E-state index contributed by atoms with van der Waals surface area (Å²) in [5.41, 5.74) is 0.794. The van der Waals surface area contributed by atoms with Crippen LogP contribution in [0.4, 0.5) is 0 Å². The quantitative estimate of drug-likeness (QED) is 0.829. The minimum Gasteiger partial charge on any atom is -0.478 e. The van der Waals surface area contributed by atoms with E-state index < -0.39 is 5.97 Å². The van der Waals surface area contributed by atoms with Gasteiger partial charge in [0.2, 0.25) is 0 Å². The highest BCUT2D eigenvalue weighted by molar-refractivity contribution is 5.88. The Morgan fingerprint density at radius 2 is 2.39 bits per heavy atom. The molecule has 1 aromatic rings. The van der Waals surface area contributed by atoms with Crippen LogP contribution in [0.25, 0.3) is 0 Å². The molecule has 1 saturated heterocycles. The van der Waals surface area contributed by atoms with E-state index in [1.807, 2.05) is 0 Å². The second kappa shape index (κ2) is 5.41. The summed E-state index contributed by atoms with van der Waals surface area (Å²) in [5, 5.41) is 9.07. The fraction of sp³-hybridized carbons (Fsp3) is 0.583. The molecule has 18 heavy (non-hydrogen) atoms. The fourth-order valence-electron chi connectivity index (χ4n) is 2.25. The molecule has 0 radical (unpaired) electrons. The molecule has 0 saturated carbocycles. The third kappa shape index (κ3) is 2.83. The van der Waals surface area contributed by atoms with Gasteiger partial charge in [-0.25, -0.2) is 14.8 Å². The molecular formula is C12H18N4O2. The highest BCUT2D eigenvalue weighted by Crippen LogP contribution is 2.16. The molecule has 1 N–H and O–H groups in total. The number of hydrogen-bond donors (Lipinski definition) is 1. The molecule has 0 bridgehead atoms. The second-order valence-electron chi connectivity index (χ2n) is 4.83. The molecule has 6 nitrogen and oxygen atoms in total. The number of rotatable bonds is 4. The van der Waals surface area contributed by atoms with Crippen LogP contribution >= 0.6 is 0 Å². The molecule has 0 aliphatic carbocycles. The van der Waals surface area contributed by atoms with Crippen LogP contribution < -0.4 is 0 Å². The second-order valence-corrected chi connectivity index (χ2v) is 4.83. The van der Waals surface area contributed by atoms with Gasteiger partial charge in [0.1, 0.15) is 11.9 Å². The van der Waals surface area contributed by atoms with Crippen LogP contribution in [0.1, 0.15) is 22.5 Å². The third-order valence-corrected chi connectivity index (χ3v) is 3.38. The standard InChI is InChI=1S/C12H18N4O2/c1-15(2)9-3-4-16(6-9)7-11-10(12(17)18)5-13-8-14-11/h5,8-9H,3-4,6-7H2,1-2H3,(H,17,18). The molecule has 1 aliphatic rings. The maximum Gasteiger partial charge on any atom is 0.339 e. The largest absolute Gasteiger partial charge is 0.478 e. The van der Waals surface area contributed by atoms with Gasteiger partial charge in [0, 0.05) is 31.9 Å². The molecule has 1 aromatic heterocycles. The Labute approximate surface area is 106 Å². The molecule has 1 unspecified atom stereocenters. The van der Waals surface area contributed by atoms with Crippen molar-refractivity contribution in [3.63, 3.8) is 0 Å². The lowest BCUT2D eigenvalue weighted by atomic mass is 10.2. The van der Waals surface area contributed by atoms with Crippen molar-refractivity contribution < 1.29 is 9.90 Å². The zero-order valence-electron chi connectivity index (χ0n) is 10.7. The van der Waals surface area contributed by atoms with Crippen LogP contribution in [0.5, 0.6) is 0 Å². The first-order valence-electron chi connectivity index (χ1n) is 5.99. The van der Waals surface area contributed by atoms with E-state index in [2.05, 4.69) is 33.9 Å². The van der Waals surface area contributed by atoms with E-state index in [0.717, 1.165) is 19.5 Å². The van der Waals surface area contributed by atoms with E-state index in [4.69, 9.17) is 5.11 Å². The van der Waals surface area contributed by atoms with E-state index in [1.165, 1.54) is 12.5 Å². The fourth-order valence-corrected chi connectivity index (χ4v) is 2.25. The number of likely N-dealkylation sites (N-methyl/N-ethyl adjacent to an activating group) is 1. The average Bonchev–Trinajstić information content (AvgIpc) is 2.78. The van der Waals surface area contributed by atoms with Gasteiger partial charge >= 0.3 is 5.97 Å². The van der Waals surface area contributed by atoms with Crippen LogP contribution in [-0.2, 0) is 6.54 Å². The molecule has 2 rings (SSSR count). The Morgan fingerprint density at radius 3 is 3.00 bits per heavy atom. The molecule has 1 aliphatic heterocycles. The van der Waals surface area contributed by atoms with Crippen molar-refractivity contribution in [2.24, 2.45) is 0 Å². The van der Waals surface area contributed by atoms with Crippen molar-refractivity contribution in [3.05, 3.63) is 23.8 Å². The number of aromatic nitrogens is 2. The van der Waals surface area contributed by atoms with Crippen molar-refractivity contribution in [3.8, 4) is 0 Å². The maximum atomic E-state index is 11.1. The van der Waals surface area contributed by atoms with Crippen molar-refractivity contribution in [2.45, 2.75) is 19.0 Å². The summed E-state index contributed by atoms with van der Waals surface area (Å²) in [6.07, 6.45) is 3.88. The van der Waals surface area contributed by atoms with Gasteiger partial charge in [-0.1, -0.05) is 0 Å². The number of likely N-dealkylation sites (tertiary alicyclic amines) is 1. The van der Waals surface area contributed by atoms with Gasteiger partial charge in [0.25, 0.3) is 0 Å². The minimum absolute atomic E-state index is 0.200. The summed E-state index contributed by atoms with van der Waals surface area (Å²) in [4.78, 5) is 23.4. The summed E-state index contributed by atoms with van der Waals surface area (Å²) in [6.45, 7) is 2.51. The molecule has 0 spiro atoms. The van der Waals surface area contributed by atoms with Crippen molar-refractivity contribution in [1.82, 2.24) is 19.8 Å². The van der Waals surface area contributed by atoms with Gasteiger partial charge < -0.3 is 10.0 Å². The summed E-state index contributed by atoms with van der Waals surface area (Å²) in [5.74, 6) is -0.964. The Hall–Kier alpha value is -1.53. The SMILES string of the molecule is CN(C)C1CCN(Cc2ncncc2C(=O)O)C1. The lowest BCUT2D eigenvalue weighted by molar-refractivity contribution is 0.0693. The number of aromatic carboxylic acids is 1. The highest BCUT2D eigenvalue weighted by atomic mass is 16.4. The number of carboxylic acid groups (broad SMARTS) is 1. The molecule has 1 atom stereocenters. The number of carboxylic acids is 1. The Morgan fingerprint density at radius 1 is 1.61 bits per heavy atom. The average molecular weight is 250 g/mol. The Kier molecular flexibility index (Phi) is 3.88. The molecule has 98 valence electrons. The van der Waals surface area contributed by atoms with Gasteiger partial charge in [0.15, 0.2) is 0 Å². The van der Waals surface area contributed by atoms with Gasteiger partial charge in [0.05, 0.1) is 5.69 Å². The monoisotopic (exact) mass is 250 g/mol. The van der Waals surface area contributed by atoms with Crippen LogP contribution in [0.2, 0.25) is 0 Å². The van der Waals surface area contributed by atoms with E-state index in [0.29, 0.717) is 18.3 Å². The highest BCUT2D eigenvalue weighted by Gasteiger charge is 2.25. The normalized spacial score (nSPS) is 20.5. The van der Waals surface area contributed by atoms with Crippen LogP contribution in [0, 0.1) is 0 Å². The van der Waals surface area contributed by atoms with Gasteiger partial charge in [-0.3, -0.25) is 4.90 Å². The molecule has 6 heteroatoms. The van der Waals surface area contributed by atoms with Crippen molar-refractivity contribution in [1.29, 1.82) is 0 Å². The van der Waals surface area contributed by atoms with E-state index in [-0.39, 0.29) is 5.56 Å². The predicted molar refractivity (Wildman–Crippen MR) is 66.4 cm³/mol. The molecular weight excluding hydrogens is 232 g/mol. The summed E-state index contributed by atoms with van der Waals surface area (Å²) >= 11 is 0. The summed E-state index contributed by atoms with van der Waals surface area (Å²) in [7, 11) is 4.14.